The second-order valence-corrected chi connectivity index (χ2v) is 4.77. The standard InChI is InChI=1S/C11H17N9O/c1-4-14-8-16-9(19-11(2,3)7(12)21)18-10(17-8)20-6-13-5-15-20/h5-6H,4H2,1-3H3,(H2,12,21)(H2,14,16,17,18,19). The molecule has 21 heavy (non-hydrogen) atoms. The van der Waals surface area contributed by atoms with Crippen LogP contribution in [0.5, 0.6) is 0 Å². The molecule has 10 heteroatoms. The zero-order chi connectivity index (χ0) is 15.5. The summed E-state index contributed by atoms with van der Waals surface area (Å²) in [5.41, 5.74) is 4.34. The van der Waals surface area contributed by atoms with E-state index in [1.807, 2.05) is 6.92 Å². The molecule has 0 saturated heterocycles. The number of nitrogens with one attached hydrogen (secondary N) is 2. The number of hydrogen-bond donors (Lipinski definition) is 3. The lowest BCUT2D eigenvalue weighted by atomic mass is 10.1. The summed E-state index contributed by atoms with van der Waals surface area (Å²) in [6.45, 7) is 5.83. The minimum atomic E-state index is -0.996. The first-order valence-corrected chi connectivity index (χ1v) is 6.35. The Balaban J connectivity index is 2.39. The van der Waals surface area contributed by atoms with Crippen molar-refractivity contribution < 1.29 is 4.79 Å². The Morgan fingerprint density at radius 2 is 2.05 bits per heavy atom. The average molecular weight is 291 g/mol. The fourth-order valence-corrected chi connectivity index (χ4v) is 1.41. The summed E-state index contributed by atoms with van der Waals surface area (Å²) < 4.78 is 1.39. The van der Waals surface area contributed by atoms with Crippen LogP contribution in [0.15, 0.2) is 12.7 Å². The second-order valence-electron chi connectivity index (χ2n) is 4.77. The maximum Gasteiger partial charge on any atom is 0.258 e. The van der Waals surface area contributed by atoms with Crippen LogP contribution in [-0.4, -0.2) is 47.7 Å². The fraction of sp³-hybridized carbons (Fsp3) is 0.455. The molecule has 0 aliphatic heterocycles. The van der Waals surface area contributed by atoms with Gasteiger partial charge in [0.1, 0.15) is 18.2 Å². The molecule has 0 aliphatic rings. The van der Waals surface area contributed by atoms with Crippen LogP contribution in [0.2, 0.25) is 0 Å². The predicted octanol–water partition coefficient (Wildman–Crippen LogP) is -0.440. The van der Waals surface area contributed by atoms with E-state index in [1.54, 1.807) is 13.8 Å². The average Bonchev–Trinajstić information content (AvgIpc) is 2.92. The molecule has 2 rings (SSSR count). The molecule has 112 valence electrons. The summed E-state index contributed by atoms with van der Waals surface area (Å²) in [5, 5.41) is 9.83. The first kappa shape index (κ1) is 14.6. The summed E-state index contributed by atoms with van der Waals surface area (Å²) in [6, 6.07) is 0. The highest BCUT2D eigenvalue weighted by Gasteiger charge is 2.26. The highest BCUT2D eigenvalue weighted by Crippen LogP contribution is 2.13. The van der Waals surface area contributed by atoms with E-state index in [4.69, 9.17) is 5.73 Å². The Morgan fingerprint density at radius 1 is 1.33 bits per heavy atom. The highest BCUT2D eigenvalue weighted by atomic mass is 16.1. The normalized spacial score (nSPS) is 11.2. The van der Waals surface area contributed by atoms with Gasteiger partial charge < -0.3 is 16.4 Å². The molecular weight excluding hydrogens is 274 g/mol. The van der Waals surface area contributed by atoms with Crippen LogP contribution >= 0.6 is 0 Å². The van der Waals surface area contributed by atoms with E-state index in [0.717, 1.165) is 0 Å². The third-order valence-corrected chi connectivity index (χ3v) is 2.62. The van der Waals surface area contributed by atoms with Gasteiger partial charge in [0, 0.05) is 6.54 Å². The first-order chi connectivity index (χ1) is 9.92. The number of primary amides is 1. The van der Waals surface area contributed by atoms with Crippen molar-refractivity contribution in [2.75, 3.05) is 17.2 Å². The molecule has 0 fully saturated rings. The molecule has 0 atom stereocenters. The lowest BCUT2D eigenvalue weighted by molar-refractivity contribution is -0.121. The number of hydrogen-bond acceptors (Lipinski definition) is 8. The van der Waals surface area contributed by atoms with Crippen LogP contribution in [0.4, 0.5) is 11.9 Å². The Kier molecular flexibility index (Phi) is 3.96. The van der Waals surface area contributed by atoms with Crippen molar-refractivity contribution in [1.29, 1.82) is 0 Å². The summed E-state index contributed by atoms with van der Waals surface area (Å²) in [7, 11) is 0. The quantitative estimate of drug-likeness (QED) is 0.651. The summed E-state index contributed by atoms with van der Waals surface area (Å²) in [4.78, 5) is 27.8. The SMILES string of the molecule is CCNc1nc(NC(C)(C)C(N)=O)nc(-n2cncn2)n1. The smallest absolute Gasteiger partial charge is 0.258 e. The number of rotatable bonds is 6. The van der Waals surface area contributed by atoms with Crippen LogP contribution < -0.4 is 16.4 Å². The molecule has 0 unspecified atom stereocenters. The van der Waals surface area contributed by atoms with Crippen LogP contribution in [0, 0.1) is 0 Å². The number of anilines is 2. The van der Waals surface area contributed by atoms with Gasteiger partial charge in [0.15, 0.2) is 0 Å². The zero-order valence-corrected chi connectivity index (χ0v) is 12.0. The minimum absolute atomic E-state index is 0.218. The van der Waals surface area contributed by atoms with Crippen LogP contribution in [-0.2, 0) is 4.79 Å². The van der Waals surface area contributed by atoms with Gasteiger partial charge >= 0.3 is 0 Å². The Hall–Kier alpha value is -2.78. The molecule has 0 aliphatic carbocycles. The van der Waals surface area contributed by atoms with Gasteiger partial charge in [0.25, 0.3) is 5.95 Å². The summed E-state index contributed by atoms with van der Waals surface area (Å²) in [5.74, 6) is 0.340. The van der Waals surface area contributed by atoms with Crippen molar-refractivity contribution in [1.82, 2.24) is 29.7 Å². The largest absolute Gasteiger partial charge is 0.368 e. The molecule has 10 nitrogen and oxygen atoms in total. The predicted molar refractivity (Wildman–Crippen MR) is 75.8 cm³/mol. The summed E-state index contributed by atoms with van der Waals surface area (Å²) >= 11 is 0. The molecular formula is C11H17N9O. The number of carbonyl (C=O) groups excluding carboxylic acids is 1. The van der Waals surface area contributed by atoms with E-state index in [0.29, 0.717) is 12.5 Å². The topological polar surface area (TPSA) is 137 Å². The van der Waals surface area contributed by atoms with Crippen molar-refractivity contribution in [3.8, 4) is 5.95 Å². The number of nitrogens with two attached hydrogens (primary N) is 1. The maximum atomic E-state index is 11.4. The minimum Gasteiger partial charge on any atom is -0.368 e. The van der Waals surface area contributed by atoms with Gasteiger partial charge in [-0.2, -0.15) is 24.7 Å². The van der Waals surface area contributed by atoms with E-state index in [2.05, 4.69) is 35.7 Å². The zero-order valence-electron chi connectivity index (χ0n) is 12.0. The first-order valence-electron chi connectivity index (χ1n) is 6.35. The fourth-order valence-electron chi connectivity index (χ4n) is 1.41. The van der Waals surface area contributed by atoms with Gasteiger partial charge in [-0.05, 0) is 20.8 Å². The van der Waals surface area contributed by atoms with Gasteiger partial charge in [0.05, 0.1) is 0 Å². The van der Waals surface area contributed by atoms with E-state index < -0.39 is 11.4 Å². The molecule has 4 N–H and O–H groups in total. The lowest BCUT2D eigenvalue weighted by Gasteiger charge is -2.22. The Labute approximate surface area is 121 Å². The van der Waals surface area contributed by atoms with Crippen molar-refractivity contribution in [3.05, 3.63) is 12.7 Å². The van der Waals surface area contributed by atoms with Gasteiger partial charge in [-0.15, -0.1) is 0 Å². The van der Waals surface area contributed by atoms with Crippen molar-refractivity contribution in [3.63, 3.8) is 0 Å². The highest BCUT2D eigenvalue weighted by molar-refractivity contribution is 5.86. The molecule has 2 heterocycles. The Morgan fingerprint density at radius 3 is 2.62 bits per heavy atom. The maximum absolute atomic E-state index is 11.4. The monoisotopic (exact) mass is 291 g/mol. The molecule has 1 amide bonds. The molecule has 0 saturated carbocycles. The molecule has 0 radical (unpaired) electrons. The summed E-state index contributed by atoms with van der Waals surface area (Å²) in [6.07, 6.45) is 2.84. The number of aromatic nitrogens is 6. The molecule has 0 spiro atoms. The van der Waals surface area contributed by atoms with Crippen molar-refractivity contribution in [2.24, 2.45) is 5.73 Å². The van der Waals surface area contributed by atoms with E-state index in [9.17, 15) is 4.79 Å². The Bertz CT molecular complexity index is 623. The van der Waals surface area contributed by atoms with Gasteiger partial charge in [0.2, 0.25) is 17.8 Å². The van der Waals surface area contributed by atoms with E-state index in [1.165, 1.54) is 17.3 Å². The van der Waals surface area contributed by atoms with Gasteiger partial charge in [-0.1, -0.05) is 0 Å². The number of nitrogens with zero attached hydrogens (tertiary/aromatic N) is 6. The lowest BCUT2D eigenvalue weighted by Crippen LogP contribution is -2.45. The van der Waals surface area contributed by atoms with Crippen LogP contribution in [0.1, 0.15) is 20.8 Å². The third kappa shape index (κ3) is 3.41. The van der Waals surface area contributed by atoms with E-state index in [-0.39, 0.29) is 11.9 Å². The van der Waals surface area contributed by atoms with Crippen LogP contribution in [0.3, 0.4) is 0 Å². The molecule has 2 aromatic rings. The van der Waals surface area contributed by atoms with Crippen molar-refractivity contribution in [2.45, 2.75) is 26.3 Å². The second kappa shape index (κ2) is 5.69. The third-order valence-electron chi connectivity index (χ3n) is 2.62. The van der Waals surface area contributed by atoms with Crippen molar-refractivity contribution >= 4 is 17.8 Å². The van der Waals surface area contributed by atoms with Gasteiger partial charge in [-0.25, -0.2) is 4.98 Å². The molecule has 0 aromatic carbocycles. The number of amides is 1. The molecule has 2 aromatic heterocycles. The van der Waals surface area contributed by atoms with E-state index >= 15 is 0 Å². The van der Waals surface area contributed by atoms with Gasteiger partial charge in [-0.3, -0.25) is 4.79 Å². The van der Waals surface area contributed by atoms with Crippen LogP contribution in [0.25, 0.3) is 5.95 Å². The molecule has 0 bridgehead atoms. The number of carbonyl (C=O) groups is 1.